The molecule has 3 rings (SSSR count). The minimum absolute atomic E-state index is 0.00282. The van der Waals surface area contributed by atoms with Crippen molar-refractivity contribution in [2.45, 2.75) is 19.3 Å². The number of nitrogens with two attached hydrogens (primary N) is 1. The summed E-state index contributed by atoms with van der Waals surface area (Å²) in [6, 6.07) is 6.46. The van der Waals surface area contributed by atoms with E-state index in [1.54, 1.807) is 31.3 Å². The lowest BCUT2D eigenvalue weighted by Gasteiger charge is -2.17. The average molecular weight is 325 g/mol. The minimum Gasteiger partial charge on any atom is -0.502 e. The van der Waals surface area contributed by atoms with E-state index in [0.29, 0.717) is 22.4 Å². The van der Waals surface area contributed by atoms with Crippen LogP contribution in [0.25, 0.3) is 11.0 Å². The van der Waals surface area contributed by atoms with Gasteiger partial charge in [-0.15, -0.1) is 0 Å². The lowest BCUT2D eigenvalue weighted by Crippen LogP contribution is -2.18. The first-order valence-electron chi connectivity index (χ1n) is 7.29. The predicted molar refractivity (Wildman–Crippen MR) is 86.6 cm³/mol. The summed E-state index contributed by atoms with van der Waals surface area (Å²) in [7, 11) is 0. The molecule has 24 heavy (non-hydrogen) atoms. The number of aryl methyl sites for hydroxylation is 1. The zero-order chi connectivity index (χ0) is 17.3. The van der Waals surface area contributed by atoms with Crippen molar-refractivity contribution in [3.63, 3.8) is 0 Å². The van der Waals surface area contributed by atoms with Crippen LogP contribution in [0.5, 0.6) is 5.75 Å². The molecule has 0 radical (unpaired) electrons. The van der Waals surface area contributed by atoms with Crippen molar-refractivity contribution in [3.05, 3.63) is 64.0 Å². The third-order valence-electron chi connectivity index (χ3n) is 3.70. The summed E-state index contributed by atoms with van der Waals surface area (Å²) < 4.78 is 5.55. The van der Waals surface area contributed by atoms with Crippen molar-refractivity contribution in [1.29, 1.82) is 0 Å². The summed E-state index contributed by atoms with van der Waals surface area (Å²) in [6.07, 6.45) is 2.94. The number of nitrogens with zero attached hydrogens (tertiary/aromatic N) is 2. The Bertz CT molecular complexity index is 976. The monoisotopic (exact) mass is 325 g/mol. The number of benzene rings is 1. The van der Waals surface area contributed by atoms with E-state index in [9.17, 15) is 14.7 Å². The molecule has 7 nitrogen and oxygen atoms in total. The Hall–Kier alpha value is -3.22. The Morgan fingerprint density at radius 2 is 2.08 bits per heavy atom. The third kappa shape index (κ3) is 2.83. The van der Waals surface area contributed by atoms with Crippen molar-refractivity contribution >= 4 is 16.9 Å². The number of rotatable bonds is 4. The molecular formula is C17H15N3O4. The molecule has 0 saturated heterocycles. The van der Waals surface area contributed by atoms with Gasteiger partial charge in [0, 0.05) is 24.9 Å². The SMILES string of the molecule is Cc1cc(=O)c(O)c([C@@H](CC(N)=O)c2cccc3nccnc23)o1. The number of para-hydroxylation sites is 1. The van der Waals surface area contributed by atoms with Crippen LogP contribution < -0.4 is 11.2 Å². The van der Waals surface area contributed by atoms with Gasteiger partial charge in [0.25, 0.3) is 0 Å². The highest BCUT2D eigenvalue weighted by atomic mass is 16.4. The van der Waals surface area contributed by atoms with Crippen LogP contribution >= 0.6 is 0 Å². The number of aromatic nitrogens is 2. The van der Waals surface area contributed by atoms with Gasteiger partial charge in [0.05, 0.1) is 17.0 Å². The molecule has 0 saturated carbocycles. The van der Waals surface area contributed by atoms with Crippen LogP contribution in [0.1, 0.15) is 29.4 Å². The molecule has 3 aromatic rings. The van der Waals surface area contributed by atoms with E-state index in [-0.39, 0.29) is 12.2 Å². The molecule has 7 heteroatoms. The van der Waals surface area contributed by atoms with Crippen molar-refractivity contribution in [3.8, 4) is 5.75 Å². The van der Waals surface area contributed by atoms with Crippen LogP contribution in [0.15, 0.2) is 45.9 Å². The van der Waals surface area contributed by atoms with Crippen LogP contribution in [0, 0.1) is 6.92 Å². The van der Waals surface area contributed by atoms with E-state index in [0.717, 1.165) is 0 Å². The highest BCUT2D eigenvalue weighted by Gasteiger charge is 2.26. The van der Waals surface area contributed by atoms with Gasteiger partial charge in [0.1, 0.15) is 5.76 Å². The maximum absolute atomic E-state index is 11.9. The fourth-order valence-electron chi connectivity index (χ4n) is 2.70. The molecule has 3 N–H and O–H groups in total. The third-order valence-corrected chi connectivity index (χ3v) is 3.70. The van der Waals surface area contributed by atoms with Crippen molar-refractivity contribution in [1.82, 2.24) is 9.97 Å². The van der Waals surface area contributed by atoms with Crippen molar-refractivity contribution < 1.29 is 14.3 Å². The van der Waals surface area contributed by atoms with Gasteiger partial charge < -0.3 is 15.3 Å². The van der Waals surface area contributed by atoms with E-state index in [4.69, 9.17) is 10.2 Å². The number of carbonyl (C=O) groups excluding carboxylic acids is 1. The van der Waals surface area contributed by atoms with Gasteiger partial charge in [-0.25, -0.2) is 0 Å². The summed E-state index contributed by atoms with van der Waals surface area (Å²) in [6.45, 7) is 1.59. The highest BCUT2D eigenvalue weighted by Crippen LogP contribution is 2.35. The van der Waals surface area contributed by atoms with Gasteiger partial charge >= 0.3 is 0 Å². The van der Waals surface area contributed by atoms with Gasteiger partial charge in [-0.2, -0.15) is 0 Å². The molecule has 0 fully saturated rings. The van der Waals surface area contributed by atoms with Gasteiger partial charge in [-0.1, -0.05) is 12.1 Å². The van der Waals surface area contributed by atoms with Crippen molar-refractivity contribution in [2.75, 3.05) is 0 Å². The Labute approximate surface area is 136 Å². The number of primary amides is 1. The van der Waals surface area contributed by atoms with E-state index in [1.807, 2.05) is 0 Å². The second kappa shape index (κ2) is 6.11. The minimum atomic E-state index is -0.740. The Morgan fingerprint density at radius 3 is 2.83 bits per heavy atom. The summed E-state index contributed by atoms with van der Waals surface area (Å²) in [5, 5.41) is 10.1. The number of carbonyl (C=O) groups is 1. The molecule has 2 heterocycles. The smallest absolute Gasteiger partial charge is 0.227 e. The molecule has 1 atom stereocenters. The lowest BCUT2D eigenvalue weighted by molar-refractivity contribution is -0.118. The predicted octanol–water partition coefficient (Wildman–Crippen LogP) is 1.60. The van der Waals surface area contributed by atoms with Gasteiger partial charge in [0.2, 0.25) is 17.1 Å². The number of fused-ring (bicyclic) bond motifs is 1. The quantitative estimate of drug-likeness (QED) is 0.752. The molecule has 122 valence electrons. The fourth-order valence-corrected chi connectivity index (χ4v) is 2.70. The molecule has 2 aromatic heterocycles. The maximum atomic E-state index is 11.9. The summed E-state index contributed by atoms with van der Waals surface area (Å²) >= 11 is 0. The molecule has 1 aromatic carbocycles. The van der Waals surface area contributed by atoms with Crippen LogP contribution in [0.2, 0.25) is 0 Å². The van der Waals surface area contributed by atoms with E-state index in [2.05, 4.69) is 9.97 Å². The number of aromatic hydroxyl groups is 1. The number of amides is 1. The molecule has 0 aliphatic carbocycles. The molecular weight excluding hydrogens is 310 g/mol. The van der Waals surface area contributed by atoms with Crippen LogP contribution in [0.4, 0.5) is 0 Å². The zero-order valence-electron chi connectivity index (χ0n) is 12.9. The Kier molecular flexibility index (Phi) is 3.99. The normalized spacial score (nSPS) is 12.2. The molecule has 0 spiro atoms. The van der Waals surface area contributed by atoms with Gasteiger partial charge in [0.15, 0.2) is 5.76 Å². The van der Waals surface area contributed by atoms with E-state index < -0.39 is 23.0 Å². The largest absolute Gasteiger partial charge is 0.502 e. The zero-order valence-corrected chi connectivity index (χ0v) is 12.9. The standard InChI is InChI=1S/C17H15N3O4/c1-9-7-13(21)16(23)17(24-9)11(8-14(18)22)10-3-2-4-12-15(10)20-6-5-19-12/h2-7,11,23H,8H2,1H3,(H2,18,22)/t11-/m0/s1. The topological polar surface area (TPSA) is 119 Å². The second-order valence-electron chi connectivity index (χ2n) is 5.43. The van der Waals surface area contributed by atoms with Crippen LogP contribution in [-0.4, -0.2) is 21.0 Å². The van der Waals surface area contributed by atoms with Crippen LogP contribution in [-0.2, 0) is 4.79 Å². The van der Waals surface area contributed by atoms with Crippen LogP contribution in [0.3, 0.4) is 0 Å². The molecule has 0 bridgehead atoms. The highest BCUT2D eigenvalue weighted by molar-refractivity contribution is 5.81. The van der Waals surface area contributed by atoms with Crippen molar-refractivity contribution in [2.24, 2.45) is 5.73 Å². The number of hydrogen-bond acceptors (Lipinski definition) is 6. The molecule has 0 aliphatic heterocycles. The summed E-state index contributed by atoms with van der Waals surface area (Å²) in [4.78, 5) is 32.0. The summed E-state index contributed by atoms with van der Waals surface area (Å²) in [5.74, 6) is -1.54. The first-order chi connectivity index (χ1) is 11.5. The Balaban J connectivity index is 2.28. The van der Waals surface area contributed by atoms with Gasteiger partial charge in [-0.3, -0.25) is 19.6 Å². The van der Waals surface area contributed by atoms with E-state index in [1.165, 1.54) is 12.3 Å². The maximum Gasteiger partial charge on any atom is 0.227 e. The second-order valence-corrected chi connectivity index (χ2v) is 5.43. The first-order valence-corrected chi connectivity index (χ1v) is 7.29. The Morgan fingerprint density at radius 1 is 1.33 bits per heavy atom. The molecule has 0 aliphatic rings. The molecule has 0 unspecified atom stereocenters. The van der Waals surface area contributed by atoms with E-state index >= 15 is 0 Å². The lowest BCUT2D eigenvalue weighted by atomic mass is 9.90. The molecule has 1 amide bonds. The van der Waals surface area contributed by atoms with Gasteiger partial charge in [-0.05, 0) is 18.6 Å². The average Bonchev–Trinajstić information content (AvgIpc) is 2.55. The summed E-state index contributed by atoms with van der Waals surface area (Å²) in [5.41, 5.74) is 6.56. The fraction of sp³-hybridized carbons (Fsp3) is 0.176. The first kappa shape index (κ1) is 15.7. The number of hydrogen-bond donors (Lipinski definition) is 2.